The first kappa shape index (κ1) is 20.3. The second-order valence-electron chi connectivity index (χ2n) is 5.25. The van der Waals surface area contributed by atoms with Crippen LogP contribution in [0.3, 0.4) is 0 Å². The molecule has 0 atom stereocenters. The number of hydrogen-bond acceptors (Lipinski definition) is 5. The number of nitrogens with one attached hydrogen (secondary N) is 1. The van der Waals surface area contributed by atoms with Gasteiger partial charge in [0.2, 0.25) is 5.88 Å². The molecule has 0 saturated carbocycles. The fraction of sp³-hybridized carbons (Fsp3) is 0.267. The molecule has 146 valence electrons. The highest BCUT2D eigenvalue weighted by atomic mass is 19.4. The van der Waals surface area contributed by atoms with Gasteiger partial charge in [-0.3, -0.25) is 10.1 Å². The van der Waals surface area contributed by atoms with Crippen LogP contribution >= 0.6 is 0 Å². The second kappa shape index (κ2) is 7.68. The zero-order valence-corrected chi connectivity index (χ0v) is 13.3. The van der Waals surface area contributed by atoms with Crippen molar-refractivity contribution in [3.8, 4) is 5.88 Å². The molecule has 27 heavy (non-hydrogen) atoms. The first-order valence-electron chi connectivity index (χ1n) is 7.20. The van der Waals surface area contributed by atoms with E-state index < -0.39 is 35.1 Å². The lowest BCUT2D eigenvalue weighted by molar-refractivity contribution is -0.384. The Hall–Kier alpha value is -3.05. The molecule has 0 spiro atoms. The van der Waals surface area contributed by atoms with Crippen LogP contribution in [-0.4, -0.2) is 22.7 Å². The predicted molar refractivity (Wildman–Crippen MR) is 81.2 cm³/mol. The minimum Gasteiger partial charge on any atom is -0.468 e. The van der Waals surface area contributed by atoms with Crippen molar-refractivity contribution in [2.24, 2.45) is 0 Å². The molecule has 0 fully saturated rings. The lowest BCUT2D eigenvalue weighted by atomic mass is 10.1. The lowest BCUT2D eigenvalue weighted by Gasteiger charge is -2.11. The van der Waals surface area contributed by atoms with E-state index in [1.54, 1.807) is 0 Å². The molecule has 6 nitrogen and oxygen atoms in total. The molecule has 0 bridgehead atoms. The molecule has 1 N–H and O–H groups in total. The number of anilines is 1. The van der Waals surface area contributed by atoms with Gasteiger partial charge in [-0.05, 0) is 17.7 Å². The Morgan fingerprint density at radius 3 is 2.33 bits per heavy atom. The molecule has 12 heteroatoms. The van der Waals surface area contributed by atoms with Crippen LogP contribution in [0.1, 0.15) is 11.1 Å². The molecule has 1 aromatic heterocycles. The molecule has 0 saturated heterocycles. The standard InChI is InChI=1S/C15H11F6N3O3/c16-14(17,18)8-27-13-4-1-9(7-23-13)6-22-11-3-2-10(15(19,20)21)5-12(11)24(25)26/h1-5,7,22H,6,8H2. The van der Waals surface area contributed by atoms with Crippen LogP contribution in [0.4, 0.5) is 37.7 Å². The van der Waals surface area contributed by atoms with Crippen LogP contribution in [0.15, 0.2) is 36.5 Å². The van der Waals surface area contributed by atoms with E-state index >= 15 is 0 Å². The maximum atomic E-state index is 12.7. The maximum absolute atomic E-state index is 12.7. The number of aromatic nitrogens is 1. The average Bonchev–Trinajstić information content (AvgIpc) is 2.57. The summed E-state index contributed by atoms with van der Waals surface area (Å²) < 4.78 is 78.5. The fourth-order valence-corrected chi connectivity index (χ4v) is 1.96. The maximum Gasteiger partial charge on any atom is 0.422 e. The minimum absolute atomic E-state index is 0.0568. The number of rotatable bonds is 6. The van der Waals surface area contributed by atoms with E-state index in [4.69, 9.17) is 0 Å². The summed E-state index contributed by atoms with van der Waals surface area (Å²) in [7, 11) is 0. The Balaban J connectivity index is 2.07. The van der Waals surface area contributed by atoms with E-state index in [0.717, 1.165) is 6.07 Å². The quantitative estimate of drug-likeness (QED) is 0.441. The molecule has 0 aliphatic heterocycles. The first-order chi connectivity index (χ1) is 12.5. The van der Waals surface area contributed by atoms with Crippen molar-refractivity contribution in [3.63, 3.8) is 0 Å². The van der Waals surface area contributed by atoms with Gasteiger partial charge in [-0.2, -0.15) is 26.3 Å². The first-order valence-corrected chi connectivity index (χ1v) is 7.20. The molecule has 0 aliphatic carbocycles. The average molecular weight is 395 g/mol. The molecule has 0 aliphatic rings. The van der Waals surface area contributed by atoms with Gasteiger partial charge >= 0.3 is 12.4 Å². The molecule has 0 unspecified atom stereocenters. The van der Waals surface area contributed by atoms with Gasteiger partial charge < -0.3 is 10.1 Å². The van der Waals surface area contributed by atoms with Gasteiger partial charge in [0.1, 0.15) is 5.69 Å². The number of halogens is 6. The van der Waals surface area contributed by atoms with Crippen LogP contribution < -0.4 is 10.1 Å². The van der Waals surface area contributed by atoms with Gasteiger partial charge in [0.05, 0.1) is 10.5 Å². The Morgan fingerprint density at radius 2 is 1.81 bits per heavy atom. The summed E-state index contributed by atoms with van der Waals surface area (Å²) in [6, 6.07) is 4.57. The summed E-state index contributed by atoms with van der Waals surface area (Å²) in [5.74, 6) is -0.267. The van der Waals surface area contributed by atoms with Crippen molar-refractivity contribution in [2.75, 3.05) is 11.9 Å². The van der Waals surface area contributed by atoms with Crippen molar-refractivity contribution in [2.45, 2.75) is 18.9 Å². The fourth-order valence-electron chi connectivity index (χ4n) is 1.96. The molecular formula is C15H11F6N3O3. The molecule has 1 heterocycles. The smallest absolute Gasteiger partial charge is 0.422 e. The third-order valence-electron chi connectivity index (χ3n) is 3.19. The minimum atomic E-state index is -4.72. The van der Waals surface area contributed by atoms with Gasteiger partial charge in [-0.15, -0.1) is 0 Å². The Bertz CT molecular complexity index is 806. The van der Waals surface area contributed by atoms with Crippen LogP contribution in [0.2, 0.25) is 0 Å². The number of benzene rings is 1. The normalized spacial score (nSPS) is 11.9. The highest BCUT2D eigenvalue weighted by Gasteiger charge is 2.33. The van der Waals surface area contributed by atoms with Crippen molar-refractivity contribution in [1.29, 1.82) is 0 Å². The largest absolute Gasteiger partial charge is 0.468 e. The van der Waals surface area contributed by atoms with Crippen molar-refractivity contribution in [3.05, 3.63) is 57.8 Å². The van der Waals surface area contributed by atoms with E-state index in [1.807, 2.05) is 0 Å². The van der Waals surface area contributed by atoms with Gasteiger partial charge in [0.25, 0.3) is 5.69 Å². The SMILES string of the molecule is O=[N+]([O-])c1cc(C(F)(F)F)ccc1NCc1ccc(OCC(F)(F)F)nc1. The monoisotopic (exact) mass is 395 g/mol. The second-order valence-corrected chi connectivity index (χ2v) is 5.25. The van der Waals surface area contributed by atoms with Gasteiger partial charge in [0, 0.05) is 24.9 Å². The van der Waals surface area contributed by atoms with E-state index in [9.17, 15) is 36.5 Å². The topological polar surface area (TPSA) is 77.3 Å². The number of nitro benzene ring substituents is 1. The van der Waals surface area contributed by atoms with Crippen molar-refractivity contribution >= 4 is 11.4 Å². The van der Waals surface area contributed by atoms with E-state index in [0.29, 0.717) is 17.7 Å². The van der Waals surface area contributed by atoms with Gasteiger partial charge in [-0.1, -0.05) is 6.07 Å². The number of alkyl halides is 6. The van der Waals surface area contributed by atoms with Gasteiger partial charge in [-0.25, -0.2) is 4.98 Å². The Kier molecular flexibility index (Phi) is 5.76. The lowest BCUT2D eigenvalue weighted by Crippen LogP contribution is -2.19. The summed E-state index contributed by atoms with van der Waals surface area (Å²) in [5.41, 5.74) is -1.65. The Morgan fingerprint density at radius 1 is 1.11 bits per heavy atom. The van der Waals surface area contributed by atoms with Crippen LogP contribution in [0.5, 0.6) is 5.88 Å². The third-order valence-corrected chi connectivity index (χ3v) is 3.19. The number of nitrogens with zero attached hydrogens (tertiary/aromatic N) is 2. The summed E-state index contributed by atoms with van der Waals surface area (Å²) >= 11 is 0. The highest BCUT2D eigenvalue weighted by molar-refractivity contribution is 5.63. The molecule has 1 aromatic carbocycles. The van der Waals surface area contributed by atoms with Crippen LogP contribution in [0.25, 0.3) is 0 Å². The summed E-state index contributed by atoms with van der Waals surface area (Å²) in [6.45, 7) is -1.56. The highest BCUT2D eigenvalue weighted by Crippen LogP contribution is 2.35. The molecule has 0 radical (unpaired) electrons. The predicted octanol–water partition coefficient (Wildman–Crippen LogP) is 4.56. The zero-order chi connectivity index (χ0) is 20.2. The van der Waals surface area contributed by atoms with E-state index in [-0.39, 0.29) is 18.1 Å². The van der Waals surface area contributed by atoms with Crippen molar-refractivity contribution < 1.29 is 36.0 Å². The number of pyridine rings is 1. The third kappa shape index (κ3) is 6.01. The van der Waals surface area contributed by atoms with E-state index in [1.165, 1.54) is 18.3 Å². The Labute approximate surface area is 147 Å². The summed E-state index contributed by atoms with van der Waals surface area (Å²) in [5, 5.41) is 13.6. The number of nitro groups is 1. The molecular weight excluding hydrogens is 384 g/mol. The molecule has 2 aromatic rings. The number of ether oxygens (including phenoxy) is 1. The summed E-state index contributed by atoms with van der Waals surface area (Å²) in [4.78, 5) is 13.7. The van der Waals surface area contributed by atoms with Crippen LogP contribution in [-0.2, 0) is 12.7 Å². The van der Waals surface area contributed by atoms with E-state index in [2.05, 4.69) is 15.0 Å². The molecule has 2 rings (SSSR count). The van der Waals surface area contributed by atoms with Gasteiger partial charge in [0.15, 0.2) is 6.61 Å². The number of hydrogen-bond donors (Lipinski definition) is 1. The van der Waals surface area contributed by atoms with Crippen molar-refractivity contribution in [1.82, 2.24) is 4.98 Å². The summed E-state index contributed by atoms with van der Waals surface area (Å²) in [6.07, 6.45) is -8.06. The van der Waals surface area contributed by atoms with Crippen LogP contribution in [0, 0.1) is 10.1 Å². The zero-order valence-electron chi connectivity index (χ0n) is 13.3. The molecule has 0 amide bonds.